The number of nitriles is 1. The van der Waals surface area contributed by atoms with Crippen molar-refractivity contribution < 1.29 is 9.53 Å². The highest BCUT2D eigenvalue weighted by molar-refractivity contribution is 5.97. The van der Waals surface area contributed by atoms with Crippen LogP contribution < -0.4 is 10.6 Å². The van der Waals surface area contributed by atoms with E-state index >= 15 is 0 Å². The van der Waals surface area contributed by atoms with Gasteiger partial charge in [0.05, 0.1) is 13.2 Å². The molecule has 0 spiro atoms. The van der Waals surface area contributed by atoms with Crippen LogP contribution in [0.4, 0.5) is 0 Å². The third kappa shape index (κ3) is 4.21. The molecule has 1 aliphatic heterocycles. The molecule has 5 aliphatic rings. The Morgan fingerprint density at radius 1 is 1.21 bits per heavy atom. The van der Waals surface area contributed by atoms with Gasteiger partial charge in [-0.3, -0.25) is 9.69 Å². The minimum absolute atomic E-state index is 0.137. The summed E-state index contributed by atoms with van der Waals surface area (Å²) in [5.74, 6) is 2.35. The predicted octanol–water partition coefficient (Wildman–Crippen LogP) is 2.04. The Morgan fingerprint density at radius 3 is 2.39 bits per heavy atom. The van der Waals surface area contributed by atoms with E-state index in [1.807, 2.05) is 0 Å². The first-order chi connectivity index (χ1) is 13.6. The summed E-state index contributed by atoms with van der Waals surface area (Å²) in [4.78, 5) is 15.0. The Labute approximate surface area is 168 Å². The fraction of sp³-hybridized carbons (Fsp3) is 0.818. The number of amides is 1. The molecule has 0 radical (unpaired) electrons. The fourth-order valence-corrected chi connectivity index (χ4v) is 6.51. The lowest BCUT2D eigenvalue weighted by atomic mass is 9.48. The highest BCUT2D eigenvalue weighted by Gasteiger charge is 2.53. The van der Waals surface area contributed by atoms with Crippen molar-refractivity contribution in [2.45, 2.75) is 51.5 Å². The first-order valence-corrected chi connectivity index (χ1v) is 11.0. The van der Waals surface area contributed by atoms with Crippen molar-refractivity contribution in [2.24, 2.45) is 23.2 Å². The Bertz CT molecular complexity index is 612. The average molecular weight is 387 g/mol. The van der Waals surface area contributed by atoms with Crippen LogP contribution in [0.5, 0.6) is 0 Å². The topological polar surface area (TPSA) is 77.4 Å². The second-order valence-electron chi connectivity index (χ2n) is 9.55. The number of morpholine rings is 1. The lowest BCUT2D eigenvalue weighted by Gasteiger charge is -2.59. The summed E-state index contributed by atoms with van der Waals surface area (Å²) in [6.45, 7) is 7.23. The van der Waals surface area contributed by atoms with E-state index in [0.717, 1.165) is 57.1 Å². The molecule has 6 heteroatoms. The summed E-state index contributed by atoms with van der Waals surface area (Å²) >= 11 is 0. The van der Waals surface area contributed by atoms with Crippen LogP contribution in [0.3, 0.4) is 0 Å². The molecule has 1 atom stereocenters. The largest absolute Gasteiger partial charge is 0.388 e. The van der Waals surface area contributed by atoms with Crippen LogP contribution in [-0.4, -0.2) is 56.2 Å². The van der Waals surface area contributed by atoms with E-state index in [-0.39, 0.29) is 22.9 Å². The summed E-state index contributed by atoms with van der Waals surface area (Å²) in [6, 6.07) is 2.21. The van der Waals surface area contributed by atoms with Crippen molar-refractivity contribution in [3.8, 4) is 6.07 Å². The van der Waals surface area contributed by atoms with Gasteiger partial charge in [0.1, 0.15) is 11.6 Å². The highest BCUT2D eigenvalue weighted by Crippen LogP contribution is 2.61. The smallest absolute Gasteiger partial charge is 0.263 e. The molecule has 1 amide bonds. The van der Waals surface area contributed by atoms with Crippen molar-refractivity contribution in [3.63, 3.8) is 0 Å². The standard InChI is InChI=1S/C22H34N4O2/c1-16(22-11-17-8-18(12-22)10-19(9-17)13-22)25-21(27)20(14-23)15-24-2-3-26-4-6-28-7-5-26/h15-19,24H,2-13H2,1H3,(H,25,27)/b20-15-. The van der Waals surface area contributed by atoms with E-state index in [1.54, 1.807) is 6.20 Å². The zero-order valence-corrected chi connectivity index (χ0v) is 17.1. The normalized spacial score (nSPS) is 36.0. The number of rotatable bonds is 7. The van der Waals surface area contributed by atoms with Crippen molar-refractivity contribution in [1.29, 1.82) is 5.26 Å². The molecule has 0 aromatic rings. The van der Waals surface area contributed by atoms with Gasteiger partial charge in [-0.2, -0.15) is 5.26 Å². The number of ether oxygens (including phenoxy) is 1. The minimum Gasteiger partial charge on any atom is -0.388 e. The third-order valence-corrected chi connectivity index (χ3v) is 7.64. The maximum atomic E-state index is 12.7. The first kappa shape index (κ1) is 19.7. The molecule has 0 aromatic heterocycles. The van der Waals surface area contributed by atoms with Crippen LogP contribution in [0.25, 0.3) is 0 Å². The first-order valence-electron chi connectivity index (χ1n) is 11.0. The molecule has 4 bridgehead atoms. The van der Waals surface area contributed by atoms with Crippen molar-refractivity contribution in [3.05, 3.63) is 11.8 Å². The average Bonchev–Trinajstić information content (AvgIpc) is 2.67. The maximum Gasteiger partial charge on any atom is 0.263 e. The number of nitrogens with one attached hydrogen (secondary N) is 2. The van der Waals surface area contributed by atoms with Crippen molar-refractivity contribution in [2.75, 3.05) is 39.4 Å². The molecule has 4 aliphatic carbocycles. The molecule has 1 heterocycles. The second-order valence-corrected chi connectivity index (χ2v) is 9.55. The van der Waals surface area contributed by atoms with Crippen LogP contribution in [0.15, 0.2) is 11.8 Å². The van der Waals surface area contributed by atoms with Gasteiger partial charge in [-0.25, -0.2) is 0 Å². The van der Waals surface area contributed by atoms with Gasteiger partial charge < -0.3 is 15.4 Å². The van der Waals surface area contributed by atoms with E-state index in [1.165, 1.54) is 38.5 Å². The van der Waals surface area contributed by atoms with Gasteiger partial charge in [-0.15, -0.1) is 0 Å². The van der Waals surface area contributed by atoms with E-state index in [0.29, 0.717) is 0 Å². The lowest BCUT2D eigenvalue weighted by molar-refractivity contribution is -0.122. The second kappa shape index (κ2) is 8.42. The summed E-state index contributed by atoms with van der Waals surface area (Å²) in [5.41, 5.74) is 0.438. The van der Waals surface area contributed by atoms with Gasteiger partial charge in [0, 0.05) is 38.4 Å². The third-order valence-electron chi connectivity index (χ3n) is 7.64. The van der Waals surface area contributed by atoms with Gasteiger partial charge >= 0.3 is 0 Å². The molecular weight excluding hydrogens is 352 g/mol. The maximum absolute atomic E-state index is 12.7. The van der Waals surface area contributed by atoms with Gasteiger partial charge in [-0.05, 0) is 68.6 Å². The summed E-state index contributed by atoms with van der Waals surface area (Å²) in [7, 11) is 0. The Hall–Kier alpha value is -1.58. The van der Waals surface area contributed by atoms with E-state index in [9.17, 15) is 10.1 Å². The van der Waals surface area contributed by atoms with Gasteiger partial charge in [0.25, 0.3) is 5.91 Å². The van der Waals surface area contributed by atoms with Gasteiger partial charge in [-0.1, -0.05) is 0 Å². The monoisotopic (exact) mass is 386 g/mol. The number of hydrogen-bond acceptors (Lipinski definition) is 5. The Kier molecular flexibility index (Phi) is 5.93. The molecule has 5 rings (SSSR count). The molecule has 6 nitrogen and oxygen atoms in total. The summed E-state index contributed by atoms with van der Waals surface area (Å²) in [5, 5.41) is 15.8. The molecule has 4 saturated carbocycles. The predicted molar refractivity (Wildman–Crippen MR) is 107 cm³/mol. The van der Waals surface area contributed by atoms with E-state index in [2.05, 4.69) is 28.5 Å². The Balaban J connectivity index is 1.28. The summed E-state index contributed by atoms with van der Waals surface area (Å²) in [6.07, 6.45) is 9.54. The molecular formula is C22H34N4O2. The quantitative estimate of drug-likeness (QED) is 0.398. The van der Waals surface area contributed by atoms with Crippen molar-refractivity contribution >= 4 is 5.91 Å². The van der Waals surface area contributed by atoms with E-state index in [4.69, 9.17) is 4.74 Å². The zero-order chi connectivity index (χ0) is 19.6. The Morgan fingerprint density at radius 2 is 1.82 bits per heavy atom. The molecule has 154 valence electrons. The van der Waals surface area contributed by atoms with Crippen LogP contribution >= 0.6 is 0 Å². The summed E-state index contributed by atoms with van der Waals surface area (Å²) < 4.78 is 5.35. The fourth-order valence-electron chi connectivity index (χ4n) is 6.51. The van der Waals surface area contributed by atoms with Crippen LogP contribution in [0.1, 0.15) is 45.4 Å². The molecule has 2 N–H and O–H groups in total. The zero-order valence-electron chi connectivity index (χ0n) is 17.1. The van der Waals surface area contributed by atoms with Crippen LogP contribution in [-0.2, 0) is 9.53 Å². The van der Waals surface area contributed by atoms with E-state index < -0.39 is 0 Å². The van der Waals surface area contributed by atoms with Gasteiger partial charge in [0.2, 0.25) is 0 Å². The molecule has 28 heavy (non-hydrogen) atoms. The molecule has 1 saturated heterocycles. The van der Waals surface area contributed by atoms with Crippen LogP contribution in [0, 0.1) is 34.5 Å². The van der Waals surface area contributed by atoms with Crippen molar-refractivity contribution in [1.82, 2.24) is 15.5 Å². The molecule has 0 aromatic carbocycles. The lowest BCUT2D eigenvalue weighted by Crippen LogP contribution is -2.56. The van der Waals surface area contributed by atoms with Gasteiger partial charge in [0.15, 0.2) is 0 Å². The SMILES string of the molecule is CC(NC(=O)/C(C#N)=C\NCCN1CCOCC1)C12CC3CC(CC(C3)C1)C2. The number of carbonyl (C=O) groups is 1. The number of nitrogens with zero attached hydrogens (tertiary/aromatic N) is 2. The minimum atomic E-state index is -0.232. The van der Waals surface area contributed by atoms with Crippen LogP contribution in [0.2, 0.25) is 0 Å². The molecule has 5 fully saturated rings. The number of carbonyl (C=O) groups excluding carboxylic acids is 1. The number of hydrogen-bond donors (Lipinski definition) is 2. The molecule has 1 unspecified atom stereocenters. The highest BCUT2D eigenvalue weighted by atomic mass is 16.5.